The van der Waals surface area contributed by atoms with Crippen LogP contribution in [0.2, 0.25) is 0 Å². The normalized spacial score (nSPS) is 9.94. The number of aldehydes is 1. The van der Waals surface area contributed by atoms with E-state index < -0.39 is 0 Å². The molecule has 0 N–H and O–H groups in total. The van der Waals surface area contributed by atoms with Crippen LogP contribution in [0.25, 0.3) is 0 Å². The van der Waals surface area contributed by atoms with Crippen molar-refractivity contribution >= 4 is 22.2 Å². The summed E-state index contributed by atoms with van der Waals surface area (Å²) in [6, 6.07) is 7.57. The van der Waals surface area contributed by atoms with Crippen molar-refractivity contribution in [1.82, 2.24) is 9.97 Å². The van der Waals surface area contributed by atoms with Crippen molar-refractivity contribution in [3.63, 3.8) is 0 Å². The molecular weight excluding hydrogens is 284 g/mol. The Bertz CT molecular complexity index is 514. The van der Waals surface area contributed by atoms with Crippen LogP contribution in [0.4, 0.5) is 0 Å². The number of benzene rings is 1. The lowest BCUT2D eigenvalue weighted by Crippen LogP contribution is -1.95. The molecule has 0 unspecified atom stereocenters. The van der Waals surface area contributed by atoms with Gasteiger partial charge in [-0.1, -0.05) is 18.2 Å². The van der Waals surface area contributed by atoms with E-state index in [1.165, 1.54) is 0 Å². The molecule has 0 aliphatic carbocycles. The predicted octanol–water partition coefficient (Wildman–Crippen LogP) is 2.77. The van der Waals surface area contributed by atoms with Gasteiger partial charge >= 0.3 is 6.01 Å². The topological polar surface area (TPSA) is 52.1 Å². The monoisotopic (exact) mass is 292 g/mol. The molecule has 0 atom stereocenters. The lowest BCUT2D eigenvalue weighted by atomic mass is 10.1. The number of para-hydroxylation sites is 1. The van der Waals surface area contributed by atoms with Crippen molar-refractivity contribution in [2.75, 3.05) is 0 Å². The van der Waals surface area contributed by atoms with Crippen molar-refractivity contribution in [1.29, 1.82) is 0 Å². The number of rotatable bonds is 4. The van der Waals surface area contributed by atoms with Crippen LogP contribution < -0.4 is 4.74 Å². The van der Waals surface area contributed by atoms with Crippen molar-refractivity contribution in [2.24, 2.45) is 0 Å². The smallest absolute Gasteiger partial charge is 0.321 e. The number of carbonyl (C=O) groups is 1. The summed E-state index contributed by atoms with van der Waals surface area (Å²) in [4.78, 5) is 18.5. The van der Waals surface area contributed by atoms with Gasteiger partial charge in [0.15, 0.2) is 0 Å². The first-order valence-electron chi connectivity index (χ1n) is 4.96. The van der Waals surface area contributed by atoms with Crippen molar-refractivity contribution in [3.05, 3.63) is 46.7 Å². The molecule has 1 aromatic carbocycles. The fraction of sp³-hybridized carbons (Fsp3) is 0.0833. The van der Waals surface area contributed by atoms with E-state index in [9.17, 15) is 4.79 Å². The van der Waals surface area contributed by atoms with Gasteiger partial charge in [0.25, 0.3) is 0 Å². The van der Waals surface area contributed by atoms with E-state index in [-0.39, 0.29) is 6.01 Å². The summed E-state index contributed by atoms with van der Waals surface area (Å²) in [6.07, 6.45) is 4.35. The molecule has 17 heavy (non-hydrogen) atoms. The largest absolute Gasteiger partial charge is 0.424 e. The van der Waals surface area contributed by atoms with E-state index in [1.54, 1.807) is 18.5 Å². The van der Waals surface area contributed by atoms with Crippen molar-refractivity contribution < 1.29 is 9.53 Å². The third kappa shape index (κ3) is 3.10. The molecule has 1 aromatic heterocycles. The SMILES string of the molecule is O=CCc1ccccc1Oc1ncc(Br)cn1. The molecule has 1 heterocycles. The quantitative estimate of drug-likeness (QED) is 0.813. The zero-order valence-corrected chi connectivity index (χ0v) is 10.4. The summed E-state index contributed by atoms with van der Waals surface area (Å²) in [5, 5.41) is 0. The predicted molar refractivity (Wildman–Crippen MR) is 66.0 cm³/mol. The van der Waals surface area contributed by atoms with Gasteiger partial charge in [0, 0.05) is 24.4 Å². The van der Waals surface area contributed by atoms with Crippen LogP contribution in [0.3, 0.4) is 0 Å². The van der Waals surface area contributed by atoms with Gasteiger partial charge in [0.2, 0.25) is 0 Å². The van der Waals surface area contributed by atoms with E-state index in [4.69, 9.17) is 4.74 Å². The summed E-state index contributed by atoms with van der Waals surface area (Å²) in [6.45, 7) is 0. The Morgan fingerprint density at radius 1 is 1.24 bits per heavy atom. The van der Waals surface area contributed by atoms with Gasteiger partial charge in [-0.15, -0.1) is 0 Å². The van der Waals surface area contributed by atoms with E-state index in [1.807, 2.05) is 18.2 Å². The Kier molecular flexibility index (Phi) is 3.82. The minimum Gasteiger partial charge on any atom is -0.424 e. The molecule has 0 fully saturated rings. The Balaban J connectivity index is 2.23. The molecule has 0 aliphatic heterocycles. The first kappa shape index (κ1) is 11.7. The van der Waals surface area contributed by atoms with Gasteiger partial charge in [0.1, 0.15) is 12.0 Å². The van der Waals surface area contributed by atoms with Gasteiger partial charge in [-0.25, -0.2) is 9.97 Å². The van der Waals surface area contributed by atoms with Crippen LogP contribution in [0, 0.1) is 0 Å². The molecule has 2 aromatic rings. The van der Waals surface area contributed by atoms with Crippen LogP contribution in [0.5, 0.6) is 11.8 Å². The average molecular weight is 293 g/mol. The maximum absolute atomic E-state index is 10.5. The Morgan fingerprint density at radius 3 is 2.65 bits per heavy atom. The lowest BCUT2D eigenvalue weighted by molar-refractivity contribution is -0.107. The minimum absolute atomic E-state index is 0.256. The Labute approximate surface area is 107 Å². The molecule has 86 valence electrons. The maximum atomic E-state index is 10.5. The molecular formula is C12H9BrN2O2. The van der Waals surface area contributed by atoms with Gasteiger partial charge in [-0.05, 0) is 22.0 Å². The number of hydrogen-bond donors (Lipinski definition) is 0. The fourth-order valence-electron chi connectivity index (χ4n) is 1.31. The molecule has 2 rings (SSSR count). The highest BCUT2D eigenvalue weighted by Crippen LogP contribution is 2.22. The summed E-state index contributed by atoms with van der Waals surface area (Å²) >= 11 is 3.24. The summed E-state index contributed by atoms with van der Waals surface area (Å²) in [5.74, 6) is 0.599. The van der Waals surface area contributed by atoms with Crippen LogP contribution in [-0.2, 0) is 11.2 Å². The van der Waals surface area contributed by atoms with Crippen molar-refractivity contribution in [3.8, 4) is 11.8 Å². The molecule has 4 nitrogen and oxygen atoms in total. The molecule has 0 spiro atoms. The molecule has 0 saturated heterocycles. The highest BCUT2D eigenvalue weighted by Gasteiger charge is 2.05. The number of carbonyl (C=O) groups excluding carboxylic acids is 1. The van der Waals surface area contributed by atoms with Gasteiger partial charge in [-0.2, -0.15) is 0 Å². The number of nitrogens with zero attached hydrogens (tertiary/aromatic N) is 2. The second-order valence-corrected chi connectivity index (χ2v) is 4.18. The van der Waals surface area contributed by atoms with Crippen LogP contribution in [-0.4, -0.2) is 16.3 Å². The first-order valence-corrected chi connectivity index (χ1v) is 5.76. The maximum Gasteiger partial charge on any atom is 0.321 e. The van der Waals surface area contributed by atoms with E-state index in [0.717, 1.165) is 16.3 Å². The van der Waals surface area contributed by atoms with E-state index in [2.05, 4.69) is 25.9 Å². The summed E-state index contributed by atoms with van der Waals surface area (Å²) in [5.41, 5.74) is 0.814. The lowest BCUT2D eigenvalue weighted by Gasteiger charge is -2.07. The molecule has 0 saturated carbocycles. The van der Waals surface area contributed by atoms with Crippen LogP contribution >= 0.6 is 15.9 Å². The first-order chi connectivity index (χ1) is 8.29. The Morgan fingerprint density at radius 2 is 1.94 bits per heavy atom. The second kappa shape index (κ2) is 5.54. The van der Waals surface area contributed by atoms with E-state index >= 15 is 0 Å². The number of halogens is 1. The molecule has 0 bridgehead atoms. The highest BCUT2D eigenvalue weighted by molar-refractivity contribution is 9.10. The average Bonchev–Trinajstić information content (AvgIpc) is 2.35. The number of aromatic nitrogens is 2. The van der Waals surface area contributed by atoms with E-state index in [0.29, 0.717) is 12.2 Å². The van der Waals surface area contributed by atoms with Crippen molar-refractivity contribution in [2.45, 2.75) is 6.42 Å². The summed E-state index contributed by atoms with van der Waals surface area (Å²) < 4.78 is 6.30. The standard InChI is InChI=1S/C12H9BrN2O2/c13-10-7-14-12(15-8-10)17-11-4-2-1-3-9(11)5-6-16/h1-4,6-8H,5H2. The van der Waals surface area contributed by atoms with Crippen LogP contribution in [0.15, 0.2) is 41.1 Å². The zero-order chi connectivity index (χ0) is 12.1. The fourth-order valence-corrected chi connectivity index (χ4v) is 1.52. The molecule has 0 amide bonds. The second-order valence-electron chi connectivity index (χ2n) is 3.26. The molecule has 0 radical (unpaired) electrons. The number of hydrogen-bond acceptors (Lipinski definition) is 4. The molecule has 0 aliphatic rings. The van der Waals surface area contributed by atoms with Crippen LogP contribution in [0.1, 0.15) is 5.56 Å². The Hall–Kier alpha value is -1.75. The minimum atomic E-state index is 0.256. The third-order valence-corrected chi connectivity index (χ3v) is 2.48. The number of ether oxygens (including phenoxy) is 1. The van der Waals surface area contributed by atoms with Gasteiger partial charge in [0.05, 0.1) is 4.47 Å². The third-order valence-electron chi connectivity index (χ3n) is 2.07. The zero-order valence-electron chi connectivity index (χ0n) is 8.84. The van der Waals surface area contributed by atoms with Gasteiger partial charge in [-0.3, -0.25) is 0 Å². The summed E-state index contributed by atoms with van der Waals surface area (Å²) in [7, 11) is 0. The molecule has 5 heteroatoms. The highest BCUT2D eigenvalue weighted by atomic mass is 79.9. The van der Waals surface area contributed by atoms with Gasteiger partial charge < -0.3 is 9.53 Å².